The second kappa shape index (κ2) is 1.78. The van der Waals surface area contributed by atoms with Crippen molar-refractivity contribution in [2.24, 2.45) is 0 Å². The van der Waals surface area contributed by atoms with Gasteiger partial charge in [0.2, 0.25) is 5.52 Å². The number of H-pyrrole nitrogens is 2. The van der Waals surface area contributed by atoms with E-state index in [1.54, 1.807) is 0 Å². The van der Waals surface area contributed by atoms with E-state index in [1.807, 2.05) is 4.98 Å². The Hall–Kier alpha value is -1.92. The Balaban J connectivity index is 3.15. The van der Waals surface area contributed by atoms with Gasteiger partial charge in [0.25, 0.3) is 11.3 Å². The van der Waals surface area contributed by atoms with E-state index in [2.05, 4.69) is 19.9 Å². The molecule has 56 valence electrons. The van der Waals surface area contributed by atoms with E-state index in [0.717, 1.165) is 0 Å². The third kappa shape index (κ3) is 0.741. The van der Waals surface area contributed by atoms with Gasteiger partial charge in [0.1, 0.15) is 0 Å². The minimum atomic E-state index is -0.638. The molecular formula is C4H2N4O3. The van der Waals surface area contributed by atoms with Crippen molar-refractivity contribution < 1.29 is 4.52 Å². The zero-order chi connectivity index (χ0) is 7.84. The van der Waals surface area contributed by atoms with Crippen LogP contribution >= 0.6 is 0 Å². The number of nitrogens with one attached hydrogen (secondary N) is 2. The first-order chi connectivity index (χ1) is 5.27. The zero-order valence-electron chi connectivity index (χ0n) is 5.12. The summed E-state index contributed by atoms with van der Waals surface area (Å²) in [5.74, 6) is 0. The Labute approximate surface area is 58.0 Å². The maximum atomic E-state index is 10.8. The number of nitrogens with zero attached hydrogens (tertiary/aromatic N) is 2. The van der Waals surface area contributed by atoms with Gasteiger partial charge in [-0.25, -0.2) is 4.79 Å². The van der Waals surface area contributed by atoms with Gasteiger partial charge in [0.15, 0.2) is 0 Å². The Bertz CT molecular complexity index is 491. The highest BCUT2D eigenvalue weighted by atomic mass is 16.5. The molecule has 0 bridgehead atoms. The Morgan fingerprint density at radius 3 is 2.91 bits per heavy atom. The Kier molecular flexibility index (Phi) is 0.945. The van der Waals surface area contributed by atoms with Gasteiger partial charge in [0, 0.05) is 5.27 Å². The summed E-state index contributed by atoms with van der Waals surface area (Å²) >= 11 is 0. The molecule has 2 rings (SSSR count). The average molecular weight is 154 g/mol. The molecule has 0 aliphatic carbocycles. The molecule has 11 heavy (non-hydrogen) atoms. The van der Waals surface area contributed by atoms with E-state index >= 15 is 0 Å². The molecule has 0 aliphatic rings. The zero-order valence-corrected chi connectivity index (χ0v) is 5.12. The minimum Gasteiger partial charge on any atom is -0.318 e. The predicted molar refractivity (Wildman–Crippen MR) is 33.0 cm³/mol. The molecular weight excluding hydrogens is 152 g/mol. The second-order valence-electron chi connectivity index (χ2n) is 1.86. The van der Waals surface area contributed by atoms with Crippen LogP contribution in [0.15, 0.2) is 14.1 Å². The van der Waals surface area contributed by atoms with Crippen molar-refractivity contribution in [1.82, 2.24) is 20.3 Å². The molecule has 2 N–H and O–H groups in total. The van der Waals surface area contributed by atoms with Gasteiger partial charge in [-0.15, -0.1) is 5.10 Å². The van der Waals surface area contributed by atoms with Crippen molar-refractivity contribution in [2.75, 3.05) is 0 Å². The van der Waals surface area contributed by atoms with Crippen LogP contribution in [0, 0.1) is 0 Å². The lowest BCUT2D eigenvalue weighted by molar-refractivity contribution is 0.417. The fourth-order valence-electron chi connectivity index (χ4n) is 0.718. The first-order valence-electron chi connectivity index (χ1n) is 2.72. The van der Waals surface area contributed by atoms with Crippen LogP contribution in [0.4, 0.5) is 0 Å². The third-order valence-corrected chi connectivity index (χ3v) is 1.16. The van der Waals surface area contributed by atoms with Gasteiger partial charge in [-0.3, -0.25) is 14.8 Å². The van der Waals surface area contributed by atoms with E-state index in [0.29, 0.717) is 0 Å². The maximum Gasteiger partial charge on any atom is 0.328 e. The molecule has 0 fully saturated rings. The van der Waals surface area contributed by atoms with Crippen molar-refractivity contribution in [2.45, 2.75) is 0 Å². The van der Waals surface area contributed by atoms with Crippen molar-refractivity contribution in [1.29, 1.82) is 0 Å². The summed E-state index contributed by atoms with van der Waals surface area (Å²) in [4.78, 5) is 25.6. The first-order valence-corrected chi connectivity index (χ1v) is 2.72. The Morgan fingerprint density at radius 1 is 1.27 bits per heavy atom. The standard InChI is InChI=1S/C4H2N4O3/c9-2-1-3(11-8-7-1)6-4(10)5-2/h(H2,5,6,9,10). The van der Waals surface area contributed by atoms with E-state index in [4.69, 9.17) is 0 Å². The molecule has 0 saturated heterocycles. The molecule has 0 unspecified atom stereocenters. The fourth-order valence-corrected chi connectivity index (χ4v) is 0.718. The average Bonchev–Trinajstić information content (AvgIpc) is 2.34. The topological polar surface area (TPSA) is 105 Å². The van der Waals surface area contributed by atoms with E-state index < -0.39 is 11.2 Å². The van der Waals surface area contributed by atoms with Crippen LogP contribution in [0.5, 0.6) is 0 Å². The molecule has 0 atom stereocenters. The third-order valence-electron chi connectivity index (χ3n) is 1.16. The minimum absolute atomic E-state index is 0.00963. The number of fused-ring (bicyclic) bond motifs is 1. The SMILES string of the molecule is O=c1[nH]c(=O)c2nnoc2[nH]1. The van der Waals surface area contributed by atoms with Crippen LogP contribution in [-0.2, 0) is 0 Å². The lowest BCUT2D eigenvalue weighted by Crippen LogP contribution is -2.21. The van der Waals surface area contributed by atoms with E-state index in [9.17, 15) is 9.59 Å². The van der Waals surface area contributed by atoms with Gasteiger partial charge < -0.3 is 4.52 Å². The van der Waals surface area contributed by atoms with Gasteiger partial charge in [-0.1, -0.05) is 0 Å². The molecule has 7 nitrogen and oxygen atoms in total. The summed E-state index contributed by atoms with van der Waals surface area (Å²) in [6, 6.07) is 0. The number of hydrogen-bond donors (Lipinski definition) is 2. The molecule has 0 radical (unpaired) electrons. The summed E-state index contributed by atoms with van der Waals surface area (Å²) in [7, 11) is 0. The highest BCUT2D eigenvalue weighted by molar-refractivity contribution is 5.63. The molecule has 0 aromatic carbocycles. The predicted octanol–water partition coefficient (Wildman–Crippen LogP) is -1.40. The molecule has 0 aliphatic heterocycles. The largest absolute Gasteiger partial charge is 0.328 e. The summed E-state index contributed by atoms with van der Waals surface area (Å²) in [5.41, 5.74) is -1.27. The summed E-state index contributed by atoms with van der Waals surface area (Å²) in [5, 5.41) is 6.42. The molecule has 0 amide bonds. The quantitative estimate of drug-likeness (QED) is 0.485. The maximum absolute atomic E-state index is 10.8. The van der Waals surface area contributed by atoms with Gasteiger partial charge in [0.05, 0.1) is 0 Å². The van der Waals surface area contributed by atoms with E-state index in [-0.39, 0.29) is 11.2 Å². The van der Waals surface area contributed by atoms with Crippen LogP contribution in [0.3, 0.4) is 0 Å². The first kappa shape index (κ1) is 5.83. The number of aromatic amines is 2. The van der Waals surface area contributed by atoms with Crippen molar-refractivity contribution >= 4 is 11.2 Å². The summed E-state index contributed by atoms with van der Waals surface area (Å²) < 4.78 is 4.44. The van der Waals surface area contributed by atoms with Crippen molar-refractivity contribution in [3.8, 4) is 0 Å². The fraction of sp³-hybridized carbons (Fsp3) is 0. The van der Waals surface area contributed by atoms with Gasteiger partial charge in [-0.2, -0.15) is 0 Å². The normalized spacial score (nSPS) is 10.5. The molecule has 2 heterocycles. The highest BCUT2D eigenvalue weighted by Gasteiger charge is 2.04. The molecule has 0 saturated carbocycles. The van der Waals surface area contributed by atoms with Crippen molar-refractivity contribution in [3.63, 3.8) is 0 Å². The number of aromatic nitrogens is 4. The summed E-state index contributed by atoms with van der Waals surface area (Å²) in [6.45, 7) is 0. The lowest BCUT2D eigenvalue weighted by Gasteiger charge is -1.79. The van der Waals surface area contributed by atoms with Crippen LogP contribution in [-0.4, -0.2) is 20.3 Å². The smallest absolute Gasteiger partial charge is 0.318 e. The van der Waals surface area contributed by atoms with Gasteiger partial charge in [-0.05, 0) is 0 Å². The molecule has 2 aromatic heterocycles. The monoisotopic (exact) mass is 154 g/mol. The van der Waals surface area contributed by atoms with Crippen LogP contribution < -0.4 is 11.2 Å². The lowest BCUT2D eigenvalue weighted by atomic mass is 10.6. The highest BCUT2D eigenvalue weighted by Crippen LogP contribution is 1.94. The number of rotatable bonds is 0. The molecule has 2 aromatic rings. The second-order valence-corrected chi connectivity index (χ2v) is 1.86. The van der Waals surface area contributed by atoms with Crippen LogP contribution in [0.25, 0.3) is 11.2 Å². The summed E-state index contributed by atoms with van der Waals surface area (Å²) in [6.07, 6.45) is 0. The Morgan fingerprint density at radius 2 is 2.09 bits per heavy atom. The van der Waals surface area contributed by atoms with Gasteiger partial charge >= 0.3 is 5.69 Å². The van der Waals surface area contributed by atoms with Crippen LogP contribution in [0.2, 0.25) is 0 Å². The molecule has 7 heteroatoms. The van der Waals surface area contributed by atoms with Crippen LogP contribution in [0.1, 0.15) is 0 Å². The van der Waals surface area contributed by atoms with E-state index in [1.165, 1.54) is 0 Å². The number of hydrogen-bond acceptors (Lipinski definition) is 5. The molecule has 0 spiro atoms. The van der Waals surface area contributed by atoms with Crippen molar-refractivity contribution in [3.05, 3.63) is 20.8 Å².